The summed E-state index contributed by atoms with van der Waals surface area (Å²) in [6.45, 7) is 5.87. The Morgan fingerprint density at radius 3 is 2.31 bits per heavy atom. The second-order valence-electron chi connectivity index (χ2n) is 4.19. The number of benzene rings is 1. The Hall–Kier alpha value is -1.35. The monoisotopic (exact) mass is 221 g/mol. The van der Waals surface area contributed by atoms with E-state index in [1.165, 1.54) is 5.56 Å². The minimum atomic E-state index is -0.564. The van der Waals surface area contributed by atoms with Crippen LogP contribution < -0.4 is 10.5 Å². The van der Waals surface area contributed by atoms with Gasteiger partial charge < -0.3 is 10.5 Å². The molecule has 1 atom stereocenters. The Labute approximate surface area is 96.6 Å². The summed E-state index contributed by atoms with van der Waals surface area (Å²) in [4.78, 5) is 11.6. The van der Waals surface area contributed by atoms with E-state index in [0.717, 1.165) is 6.42 Å². The van der Waals surface area contributed by atoms with Crippen LogP contribution in [0.4, 0.5) is 0 Å². The summed E-state index contributed by atoms with van der Waals surface area (Å²) in [5.41, 5.74) is 6.91. The lowest BCUT2D eigenvalue weighted by Crippen LogP contribution is -2.38. The van der Waals surface area contributed by atoms with Gasteiger partial charge in [-0.25, -0.2) is 4.79 Å². The normalized spacial score (nSPS) is 12.6. The first-order valence-corrected chi connectivity index (χ1v) is 5.60. The first-order valence-electron chi connectivity index (χ1n) is 5.60. The zero-order valence-electron chi connectivity index (χ0n) is 10.1. The van der Waals surface area contributed by atoms with E-state index in [9.17, 15) is 4.79 Å². The molecule has 1 aromatic rings. The van der Waals surface area contributed by atoms with Crippen molar-refractivity contribution >= 4 is 5.97 Å². The highest BCUT2D eigenvalue weighted by atomic mass is 16.5. The molecule has 0 amide bonds. The maximum absolute atomic E-state index is 11.6. The second kappa shape index (κ2) is 5.66. The van der Waals surface area contributed by atoms with Gasteiger partial charge in [0, 0.05) is 0 Å². The van der Waals surface area contributed by atoms with Gasteiger partial charge in [0.2, 0.25) is 0 Å². The molecule has 0 aliphatic heterocycles. The second-order valence-corrected chi connectivity index (χ2v) is 4.19. The Morgan fingerprint density at radius 1 is 1.31 bits per heavy atom. The third-order valence-electron chi connectivity index (χ3n) is 2.54. The number of carbonyl (C=O) groups excluding carboxylic acids is 1. The standard InChI is InChI=1S/C13H19NO2/c1-4-10-5-7-11(8-6-10)16-13(15)12(14)9(2)3/h5-9,12H,4,14H2,1-3H3. The van der Waals surface area contributed by atoms with E-state index in [1.807, 2.05) is 26.0 Å². The first kappa shape index (κ1) is 12.7. The molecule has 0 aromatic heterocycles. The van der Waals surface area contributed by atoms with E-state index < -0.39 is 6.04 Å². The molecule has 1 aromatic carbocycles. The predicted octanol–water partition coefficient (Wildman–Crippen LogP) is 2.14. The highest BCUT2D eigenvalue weighted by Crippen LogP contribution is 2.14. The molecule has 0 aliphatic carbocycles. The van der Waals surface area contributed by atoms with Gasteiger partial charge in [0.15, 0.2) is 0 Å². The Balaban J connectivity index is 2.62. The molecule has 0 heterocycles. The number of carbonyl (C=O) groups is 1. The molecule has 16 heavy (non-hydrogen) atoms. The fourth-order valence-electron chi connectivity index (χ4n) is 1.25. The lowest BCUT2D eigenvalue weighted by molar-refractivity contribution is -0.136. The molecule has 0 fully saturated rings. The van der Waals surface area contributed by atoms with Crippen molar-refractivity contribution in [2.24, 2.45) is 11.7 Å². The van der Waals surface area contributed by atoms with Gasteiger partial charge in [-0.2, -0.15) is 0 Å². The van der Waals surface area contributed by atoms with Crippen molar-refractivity contribution < 1.29 is 9.53 Å². The molecule has 0 saturated heterocycles. The number of hydrogen-bond donors (Lipinski definition) is 1. The minimum absolute atomic E-state index is 0.0856. The van der Waals surface area contributed by atoms with Crippen molar-refractivity contribution in [1.82, 2.24) is 0 Å². The molecule has 3 nitrogen and oxygen atoms in total. The average Bonchev–Trinajstić information content (AvgIpc) is 2.28. The van der Waals surface area contributed by atoms with Crippen LogP contribution in [-0.2, 0) is 11.2 Å². The average molecular weight is 221 g/mol. The quantitative estimate of drug-likeness (QED) is 0.626. The molecule has 2 N–H and O–H groups in total. The fraction of sp³-hybridized carbons (Fsp3) is 0.462. The van der Waals surface area contributed by atoms with Crippen LogP contribution in [0, 0.1) is 5.92 Å². The molecular formula is C13H19NO2. The van der Waals surface area contributed by atoms with Crippen LogP contribution in [0.1, 0.15) is 26.3 Å². The topological polar surface area (TPSA) is 52.3 Å². The number of ether oxygens (including phenoxy) is 1. The van der Waals surface area contributed by atoms with E-state index in [1.54, 1.807) is 12.1 Å². The van der Waals surface area contributed by atoms with Gasteiger partial charge in [0.05, 0.1) is 0 Å². The summed E-state index contributed by atoms with van der Waals surface area (Å²) in [7, 11) is 0. The van der Waals surface area contributed by atoms with Gasteiger partial charge in [-0.05, 0) is 30.0 Å². The summed E-state index contributed by atoms with van der Waals surface area (Å²) in [5.74, 6) is 0.264. The van der Waals surface area contributed by atoms with Gasteiger partial charge in [0.1, 0.15) is 11.8 Å². The summed E-state index contributed by atoms with van der Waals surface area (Å²) in [6.07, 6.45) is 0.972. The van der Waals surface area contributed by atoms with Crippen molar-refractivity contribution in [3.63, 3.8) is 0 Å². The van der Waals surface area contributed by atoms with Crippen LogP contribution >= 0.6 is 0 Å². The number of nitrogens with two attached hydrogens (primary N) is 1. The number of esters is 1. The van der Waals surface area contributed by atoms with Crippen LogP contribution in [-0.4, -0.2) is 12.0 Å². The maximum Gasteiger partial charge on any atom is 0.328 e. The van der Waals surface area contributed by atoms with Crippen LogP contribution in [0.5, 0.6) is 5.75 Å². The highest BCUT2D eigenvalue weighted by Gasteiger charge is 2.19. The number of aryl methyl sites for hydroxylation is 1. The zero-order chi connectivity index (χ0) is 12.1. The van der Waals surface area contributed by atoms with Crippen molar-refractivity contribution in [3.05, 3.63) is 29.8 Å². The van der Waals surface area contributed by atoms with Crippen molar-refractivity contribution in [2.75, 3.05) is 0 Å². The highest BCUT2D eigenvalue weighted by molar-refractivity contribution is 5.78. The number of rotatable bonds is 4. The zero-order valence-corrected chi connectivity index (χ0v) is 10.1. The van der Waals surface area contributed by atoms with Crippen LogP contribution in [0.3, 0.4) is 0 Å². The fourth-order valence-corrected chi connectivity index (χ4v) is 1.25. The summed E-state index contributed by atoms with van der Waals surface area (Å²) < 4.78 is 5.17. The van der Waals surface area contributed by atoms with Gasteiger partial charge in [-0.15, -0.1) is 0 Å². The smallest absolute Gasteiger partial charge is 0.328 e. The molecule has 1 rings (SSSR count). The molecule has 88 valence electrons. The van der Waals surface area contributed by atoms with Crippen LogP contribution in [0.15, 0.2) is 24.3 Å². The summed E-state index contributed by atoms with van der Waals surface area (Å²) >= 11 is 0. The lowest BCUT2D eigenvalue weighted by Gasteiger charge is -2.14. The third kappa shape index (κ3) is 3.35. The van der Waals surface area contributed by atoms with Crippen LogP contribution in [0.25, 0.3) is 0 Å². The SMILES string of the molecule is CCc1ccc(OC(=O)C(N)C(C)C)cc1. The van der Waals surface area contributed by atoms with Gasteiger partial charge in [-0.1, -0.05) is 32.9 Å². The molecule has 0 aliphatic rings. The van der Waals surface area contributed by atoms with E-state index in [-0.39, 0.29) is 11.9 Å². The van der Waals surface area contributed by atoms with Crippen molar-refractivity contribution in [3.8, 4) is 5.75 Å². The lowest BCUT2D eigenvalue weighted by atomic mass is 10.1. The molecule has 0 spiro atoms. The summed E-state index contributed by atoms with van der Waals surface area (Å²) in [6, 6.07) is 6.92. The summed E-state index contributed by atoms with van der Waals surface area (Å²) in [5, 5.41) is 0. The third-order valence-corrected chi connectivity index (χ3v) is 2.54. The predicted molar refractivity (Wildman–Crippen MR) is 64.3 cm³/mol. The van der Waals surface area contributed by atoms with Gasteiger partial charge in [0.25, 0.3) is 0 Å². The minimum Gasteiger partial charge on any atom is -0.425 e. The Kier molecular flexibility index (Phi) is 4.50. The van der Waals surface area contributed by atoms with Gasteiger partial charge >= 0.3 is 5.97 Å². The number of hydrogen-bond acceptors (Lipinski definition) is 3. The van der Waals surface area contributed by atoms with E-state index >= 15 is 0 Å². The molecular weight excluding hydrogens is 202 g/mol. The van der Waals surface area contributed by atoms with E-state index in [0.29, 0.717) is 5.75 Å². The van der Waals surface area contributed by atoms with E-state index in [4.69, 9.17) is 10.5 Å². The molecule has 0 radical (unpaired) electrons. The molecule has 1 unspecified atom stereocenters. The maximum atomic E-state index is 11.6. The van der Waals surface area contributed by atoms with Gasteiger partial charge in [-0.3, -0.25) is 0 Å². The van der Waals surface area contributed by atoms with Crippen molar-refractivity contribution in [2.45, 2.75) is 33.2 Å². The van der Waals surface area contributed by atoms with E-state index in [2.05, 4.69) is 6.92 Å². The molecule has 0 bridgehead atoms. The largest absolute Gasteiger partial charge is 0.425 e. The Bertz CT molecular complexity index is 343. The first-order chi connectivity index (χ1) is 7.54. The molecule has 0 saturated carbocycles. The van der Waals surface area contributed by atoms with Crippen LogP contribution in [0.2, 0.25) is 0 Å². The molecule has 3 heteroatoms. The Morgan fingerprint density at radius 2 is 1.88 bits per heavy atom. The van der Waals surface area contributed by atoms with Crippen molar-refractivity contribution in [1.29, 1.82) is 0 Å².